The molecule has 3 N–H and O–H groups in total. The number of hydrogen-bond donors (Lipinski definition) is 2. The van der Waals surface area contributed by atoms with E-state index in [4.69, 9.17) is 10.5 Å². The van der Waals surface area contributed by atoms with Gasteiger partial charge in [0.05, 0.1) is 5.69 Å². The minimum absolute atomic E-state index is 0.152. The van der Waals surface area contributed by atoms with E-state index in [1.54, 1.807) is 36.2 Å². The monoisotopic (exact) mass is 359 g/mol. The molecule has 26 heavy (non-hydrogen) atoms. The number of halogens is 1. The molecule has 0 aliphatic carbocycles. The average Bonchev–Trinajstić information content (AvgIpc) is 2.60. The lowest BCUT2D eigenvalue weighted by Crippen LogP contribution is -2.26. The normalized spacial score (nSPS) is 10.5. The lowest BCUT2D eigenvalue weighted by molar-refractivity contribution is -0.118. The van der Waals surface area contributed by atoms with Crippen LogP contribution in [0, 0.1) is 5.82 Å². The van der Waals surface area contributed by atoms with Crippen molar-refractivity contribution in [1.29, 1.82) is 0 Å². The number of primary amides is 1. The Hall–Kier alpha value is -3.09. The van der Waals surface area contributed by atoms with E-state index in [1.807, 2.05) is 13.8 Å². The standard InChI is InChI=1S/C19H22FN3O3/c1-12(2)23(3)17-9-6-14(10-16(17)20)22-18(24)11-26-15-7-4-13(5-8-15)19(21)25/h4-10,12H,11H2,1-3H3,(H2,21,25)(H,22,24). The van der Waals surface area contributed by atoms with Crippen molar-refractivity contribution in [2.75, 3.05) is 23.9 Å². The number of nitrogens with two attached hydrogens (primary N) is 1. The third kappa shape index (κ3) is 4.95. The van der Waals surface area contributed by atoms with Crippen LogP contribution < -0.4 is 20.7 Å². The van der Waals surface area contributed by atoms with Crippen LogP contribution in [0.3, 0.4) is 0 Å². The molecule has 0 unspecified atom stereocenters. The van der Waals surface area contributed by atoms with Crippen molar-refractivity contribution < 1.29 is 18.7 Å². The van der Waals surface area contributed by atoms with Crippen molar-refractivity contribution in [3.8, 4) is 5.75 Å². The zero-order valence-corrected chi connectivity index (χ0v) is 15.0. The first-order valence-corrected chi connectivity index (χ1v) is 8.13. The molecule has 2 aromatic rings. The number of carbonyl (C=O) groups excluding carboxylic acids is 2. The molecule has 6 nitrogen and oxygen atoms in total. The van der Waals surface area contributed by atoms with Gasteiger partial charge in [-0.3, -0.25) is 9.59 Å². The number of carbonyl (C=O) groups is 2. The van der Waals surface area contributed by atoms with Crippen molar-refractivity contribution in [2.45, 2.75) is 19.9 Å². The van der Waals surface area contributed by atoms with Gasteiger partial charge in [-0.1, -0.05) is 0 Å². The molecule has 0 saturated heterocycles. The van der Waals surface area contributed by atoms with Gasteiger partial charge in [-0.05, 0) is 56.3 Å². The SMILES string of the molecule is CC(C)N(C)c1ccc(NC(=O)COc2ccc(C(N)=O)cc2)cc1F. The van der Waals surface area contributed by atoms with Gasteiger partial charge in [0.1, 0.15) is 11.6 Å². The molecule has 7 heteroatoms. The Morgan fingerprint density at radius 2 is 1.85 bits per heavy atom. The maximum absolute atomic E-state index is 14.2. The summed E-state index contributed by atoms with van der Waals surface area (Å²) in [7, 11) is 1.80. The largest absolute Gasteiger partial charge is 0.484 e. The molecule has 2 amide bonds. The molecular formula is C19H22FN3O3. The van der Waals surface area contributed by atoms with Gasteiger partial charge in [0.15, 0.2) is 6.61 Å². The van der Waals surface area contributed by atoms with Crippen LogP contribution in [0.5, 0.6) is 5.75 Å². The van der Waals surface area contributed by atoms with Gasteiger partial charge in [-0.15, -0.1) is 0 Å². The summed E-state index contributed by atoms with van der Waals surface area (Å²) < 4.78 is 19.5. The summed E-state index contributed by atoms with van der Waals surface area (Å²) in [6, 6.07) is 10.8. The molecule has 2 aromatic carbocycles. The lowest BCUT2D eigenvalue weighted by atomic mass is 10.2. The Morgan fingerprint density at radius 1 is 1.19 bits per heavy atom. The fourth-order valence-electron chi connectivity index (χ4n) is 2.21. The Morgan fingerprint density at radius 3 is 2.38 bits per heavy atom. The first kappa shape index (κ1) is 19.2. The summed E-state index contributed by atoms with van der Waals surface area (Å²) in [5.41, 5.74) is 6.31. The number of rotatable bonds is 7. The second-order valence-corrected chi connectivity index (χ2v) is 6.10. The van der Waals surface area contributed by atoms with Gasteiger partial charge < -0.3 is 20.7 Å². The number of nitrogens with zero attached hydrogens (tertiary/aromatic N) is 1. The van der Waals surface area contributed by atoms with Gasteiger partial charge in [0.2, 0.25) is 5.91 Å². The van der Waals surface area contributed by atoms with Crippen molar-refractivity contribution in [2.24, 2.45) is 5.73 Å². The van der Waals surface area contributed by atoms with E-state index >= 15 is 0 Å². The fourth-order valence-corrected chi connectivity index (χ4v) is 2.21. The highest BCUT2D eigenvalue weighted by atomic mass is 19.1. The smallest absolute Gasteiger partial charge is 0.262 e. The maximum atomic E-state index is 14.2. The van der Waals surface area contributed by atoms with E-state index in [2.05, 4.69) is 5.32 Å². The Bertz CT molecular complexity index is 791. The highest BCUT2D eigenvalue weighted by Crippen LogP contribution is 2.23. The van der Waals surface area contributed by atoms with E-state index in [1.165, 1.54) is 18.2 Å². The second kappa shape index (κ2) is 8.33. The van der Waals surface area contributed by atoms with Crippen LogP contribution in [0.15, 0.2) is 42.5 Å². The molecule has 0 aliphatic heterocycles. The van der Waals surface area contributed by atoms with Gasteiger partial charge in [-0.2, -0.15) is 0 Å². The van der Waals surface area contributed by atoms with Crippen LogP contribution in [-0.4, -0.2) is 31.5 Å². The van der Waals surface area contributed by atoms with Gasteiger partial charge in [0.25, 0.3) is 5.91 Å². The molecule has 2 rings (SSSR count). The minimum Gasteiger partial charge on any atom is -0.484 e. The fraction of sp³-hybridized carbons (Fsp3) is 0.263. The molecular weight excluding hydrogens is 337 g/mol. The number of nitrogens with one attached hydrogen (secondary N) is 1. The van der Waals surface area contributed by atoms with Gasteiger partial charge in [-0.25, -0.2) is 4.39 Å². The van der Waals surface area contributed by atoms with Crippen LogP contribution >= 0.6 is 0 Å². The van der Waals surface area contributed by atoms with Crippen molar-refractivity contribution in [3.05, 3.63) is 53.8 Å². The summed E-state index contributed by atoms with van der Waals surface area (Å²) in [4.78, 5) is 24.8. The molecule has 0 spiro atoms. The number of amides is 2. The van der Waals surface area contributed by atoms with Crippen LogP contribution in [-0.2, 0) is 4.79 Å². The lowest BCUT2D eigenvalue weighted by Gasteiger charge is -2.24. The number of ether oxygens (including phenoxy) is 1. The molecule has 0 radical (unpaired) electrons. The van der Waals surface area contributed by atoms with Crippen molar-refractivity contribution in [3.63, 3.8) is 0 Å². The summed E-state index contributed by atoms with van der Waals surface area (Å²) in [5, 5.41) is 2.58. The summed E-state index contributed by atoms with van der Waals surface area (Å²) >= 11 is 0. The number of benzene rings is 2. The first-order valence-electron chi connectivity index (χ1n) is 8.13. The average molecular weight is 359 g/mol. The zero-order chi connectivity index (χ0) is 19.3. The number of hydrogen-bond acceptors (Lipinski definition) is 4. The zero-order valence-electron chi connectivity index (χ0n) is 15.0. The molecule has 0 atom stereocenters. The molecule has 0 heterocycles. The van der Waals surface area contributed by atoms with E-state index in [9.17, 15) is 14.0 Å². The molecule has 0 aliphatic rings. The minimum atomic E-state index is -0.539. The van der Waals surface area contributed by atoms with E-state index in [0.29, 0.717) is 22.7 Å². The van der Waals surface area contributed by atoms with Gasteiger partial charge >= 0.3 is 0 Å². The highest BCUT2D eigenvalue weighted by molar-refractivity contribution is 5.93. The molecule has 0 bridgehead atoms. The first-order chi connectivity index (χ1) is 12.3. The van der Waals surface area contributed by atoms with Crippen LogP contribution in [0.25, 0.3) is 0 Å². The van der Waals surface area contributed by atoms with Crippen LogP contribution in [0.1, 0.15) is 24.2 Å². The quantitative estimate of drug-likeness (QED) is 0.796. The summed E-state index contributed by atoms with van der Waals surface area (Å²) in [5.74, 6) is -0.955. The third-order valence-corrected chi connectivity index (χ3v) is 3.89. The molecule has 138 valence electrons. The summed E-state index contributed by atoms with van der Waals surface area (Å²) in [6.07, 6.45) is 0. The summed E-state index contributed by atoms with van der Waals surface area (Å²) in [6.45, 7) is 3.68. The number of anilines is 2. The van der Waals surface area contributed by atoms with Crippen LogP contribution in [0.2, 0.25) is 0 Å². The van der Waals surface area contributed by atoms with E-state index in [0.717, 1.165) is 0 Å². The Balaban J connectivity index is 1.93. The predicted molar refractivity (Wildman–Crippen MR) is 99.0 cm³/mol. The Labute approximate surface area is 151 Å². The molecule has 0 saturated carbocycles. The topological polar surface area (TPSA) is 84.7 Å². The molecule has 0 aromatic heterocycles. The van der Waals surface area contributed by atoms with E-state index < -0.39 is 17.6 Å². The maximum Gasteiger partial charge on any atom is 0.262 e. The van der Waals surface area contributed by atoms with Gasteiger partial charge in [0, 0.05) is 24.3 Å². The third-order valence-electron chi connectivity index (χ3n) is 3.89. The molecule has 0 fully saturated rings. The highest BCUT2D eigenvalue weighted by Gasteiger charge is 2.12. The van der Waals surface area contributed by atoms with Crippen LogP contribution in [0.4, 0.5) is 15.8 Å². The second-order valence-electron chi connectivity index (χ2n) is 6.10. The predicted octanol–water partition coefficient (Wildman–Crippen LogP) is 2.79. The van der Waals surface area contributed by atoms with E-state index in [-0.39, 0.29) is 12.6 Å². The van der Waals surface area contributed by atoms with Crippen molar-refractivity contribution in [1.82, 2.24) is 0 Å². The Kier molecular flexibility index (Phi) is 6.16. The van der Waals surface area contributed by atoms with Crippen molar-refractivity contribution >= 4 is 23.2 Å².